The highest BCUT2D eigenvalue weighted by atomic mass is 19.1. The first-order chi connectivity index (χ1) is 11.6. The van der Waals surface area contributed by atoms with Gasteiger partial charge in [-0.2, -0.15) is 5.26 Å². The molecule has 3 heterocycles. The molecule has 0 saturated heterocycles. The van der Waals surface area contributed by atoms with Crippen LogP contribution < -0.4 is 0 Å². The third-order valence-corrected chi connectivity index (χ3v) is 3.91. The van der Waals surface area contributed by atoms with Crippen LogP contribution in [0.15, 0.2) is 49.3 Å². The van der Waals surface area contributed by atoms with Crippen molar-refractivity contribution in [2.45, 2.75) is 12.7 Å². The molecule has 1 aromatic carbocycles. The van der Waals surface area contributed by atoms with E-state index in [-0.39, 0.29) is 5.56 Å². The summed E-state index contributed by atoms with van der Waals surface area (Å²) in [4.78, 5) is 8.38. The summed E-state index contributed by atoms with van der Waals surface area (Å²) in [5.41, 5.74) is 1.15. The van der Waals surface area contributed by atoms with E-state index in [9.17, 15) is 9.65 Å². The maximum atomic E-state index is 14.6. The molecule has 0 bridgehead atoms. The van der Waals surface area contributed by atoms with Crippen LogP contribution >= 0.6 is 0 Å². The van der Waals surface area contributed by atoms with Crippen LogP contribution in [0.5, 0.6) is 0 Å². The van der Waals surface area contributed by atoms with E-state index in [0.717, 1.165) is 0 Å². The van der Waals surface area contributed by atoms with Crippen molar-refractivity contribution in [3.63, 3.8) is 0 Å². The van der Waals surface area contributed by atoms with Crippen LogP contribution in [0.3, 0.4) is 0 Å². The monoisotopic (exact) mass is 322 g/mol. The molecule has 118 valence electrons. The van der Waals surface area contributed by atoms with Crippen molar-refractivity contribution in [3.8, 4) is 12.0 Å². The minimum Gasteiger partial charge on any atom is -0.453 e. The van der Waals surface area contributed by atoms with Crippen molar-refractivity contribution in [1.29, 1.82) is 5.26 Å². The van der Waals surface area contributed by atoms with E-state index in [2.05, 4.69) is 16.0 Å². The molecule has 24 heavy (non-hydrogen) atoms. The highest BCUT2D eigenvalue weighted by Gasteiger charge is 2.36. The standard InChI is InChI=1S/C17H11FN4O2/c1-17(23-5-6-24-17)13-8-15-12(7-14(13)18)11(9-19)10-22(15)16-20-3-2-4-21-16/h2-8,10H,1H3. The molecule has 0 fully saturated rings. The second kappa shape index (κ2) is 5.06. The first-order valence-electron chi connectivity index (χ1n) is 7.15. The zero-order valence-electron chi connectivity index (χ0n) is 12.6. The summed E-state index contributed by atoms with van der Waals surface area (Å²) in [6, 6.07) is 6.66. The van der Waals surface area contributed by atoms with Gasteiger partial charge in [0.2, 0.25) is 5.95 Å². The molecule has 4 rings (SSSR count). The van der Waals surface area contributed by atoms with Crippen molar-refractivity contribution in [1.82, 2.24) is 14.5 Å². The summed E-state index contributed by atoms with van der Waals surface area (Å²) in [5.74, 6) is -1.38. The first-order valence-corrected chi connectivity index (χ1v) is 7.15. The fraction of sp³-hybridized carbons (Fsp3) is 0.118. The molecule has 1 aliphatic rings. The maximum Gasteiger partial charge on any atom is 0.276 e. The predicted molar refractivity (Wildman–Crippen MR) is 82.2 cm³/mol. The Bertz CT molecular complexity index is 997. The van der Waals surface area contributed by atoms with E-state index >= 15 is 0 Å². The van der Waals surface area contributed by atoms with Gasteiger partial charge in [0.1, 0.15) is 24.4 Å². The number of hydrogen-bond donors (Lipinski definition) is 0. The molecule has 0 spiro atoms. The lowest BCUT2D eigenvalue weighted by Crippen LogP contribution is -2.23. The number of rotatable bonds is 2. The molecule has 0 N–H and O–H groups in total. The maximum absolute atomic E-state index is 14.6. The Morgan fingerprint density at radius 1 is 1.21 bits per heavy atom. The minimum absolute atomic E-state index is 0.222. The van der Waals surface area contributed by atoms with E-state index < -0.39 is 11.6 Å². The highest BCUT2D eigenvalue weighted by Crippen LogP contribution is 2.36. The molecule has 3 aromatic rings. The number of nitriles is 1. The van der Waals surface area contributed by atoms with Crippen molar-refractivity contribution in [3.05, 3.63) is 66.3 Å². The van der Waals surface area contributed by atoms with Crippen LogP contribution in [0.2, 0.25) is 0 Å². The normalized spacial score (nSPS) is 15.0. The molecule has 7 heteroatoms. The van der Waals surface area contributed by atoms with Gasteiger partial charge in [0, 0.05) is 30.9 Å². The summed E-state index contributed by atoms with van der Waals surface area (Å²) in [7, 11) is 0. The largest absolute Gasteiger partial charge is 0.453 e. The van der Waals surface area contributed by atoms with Gasteiger partial charge in [0.15, 0.2) is 0 Å². The van der Waals surface area contributed by atoms with Gasteiger partial charge in [-0.1, -0.05) is 0 Å². The number of hydrogen-bond acceptors (Lipinski definition) is 5. The van der Waals surface area contributed by atoms with Crippen molar-refractivity contribution in [2.75, 3.05) is 0 Å². The Labute approximate surface area is 136 Å². The highest BCUT2D eigenvalue weighted by molar-refractivity contribution is 5.88. The molecule has 0 radical (unpaired) electrons. The summed E-state index contributed by atoms with van der Waals surface area (Å²) in [6.07, 6.45) is 7.51. The molecule has 1 aliphatic heterocycles. The quantitative estimate of drug-likeness (QED) is 0.725. The van der Waals surface area contributed by atoms with E-state index in [0.29, 0.717) is 22.4 Å². The zero-order valence-corrected chi connectivity index (χ0v) is 12.6. The molecule has 2 aromatic heterocycles. The molecule has 0 aliphatic carbocycles. The topological polar surface area (TPSA) is 73.0 Å². The minimum atomic E-state index is -1.25. The first kappa shape index (κ1) is 14.2. The van der Waals surface area contributed by atoms with Gasteiger partial charge in [0.25, 0.3) is 5.79 Å². The molecular weight excluding hydrogens is 311 g/mol. The van der Waals surface area contributed by atoms with Crippen LogP contribution in [0.4, 0.5) is 4.39 Å². The van der Waals surface area contributed by atoms with Crippen LogP contribution in [-0.4, -0.2) is 14.5 Å². The van der Waals surface area contributed by atoms with Crippen LogP contribution in [-0.2, 0) is 15.3 Å². The van der Waals surface area contributed by atoms with Gasteiger partial charge in [0.05, 0.1) is 16.6 Å². The van der Waals surface area contributed by atoms with Crippen molar-refractivity contribution < 1.29 is 13.9 Å². The van der Waals surface area contributed by atoms with Gasteiger partial charge in [-0.25, -0.2) is 14.4 Å². The average molecular weight is 322 g/mol. The molecule has 0 saturated carbocycles. The Morgan fingerprint density at radius 2 is 1.92 bits per heavy atom. The van der Waals surface area contributed by atoms with E-state index in [1.807, 2.05) is 0 Å². The summed E-state index contributed by atoms with van der Waals surface area (Å²) < 4.78 is 27.0. The van der Waals surface area contributed by atoms with Crippen LogP contribution in [0.1, 0.15) is 18.1 Å². The van der Waals surface area contributed by atoms with E-state index in [1.54, 1.807) is 42.2 Å². The number of benzene rings is 1. The van der Waals surface area contributed by atoms with Gasteiger partial charge >= 0.3 is 0 Å². The molecule has 0 atom stereocenters. The Morgan fingerprint density at radius 3 is 2.58 bits per heavy atom. The number of aromatic nitrogens is 3. The molecule has 6 nitrogen and oxygen atoms in total. The summed E-state index contributed by atoms with van der Waals surface area (Å²) in [5, 5.41) is 9.81. The van der Waals surface area contributed by atoms with Crippen LogP contribution in [0, 0.1) is 17.1 Å². The van der Waals surface area contributed by atoms with Gasteiger partial charge in [-0.05, 0) is 18.2 Å². The second-order valence-electron chi connectivity index (χ2n) is 5.38. The fourth-order valence-electron chi connectivity index (χ4n) is 2.73. The second-order valence-corrected chi connectivity index (χ2v) is 5.38. The average Bonchev–Trinajstić information content (AvgIpc) is 3.19. The van der Waals surface area contributed by atoms with Gasteiger partial charge in [-0.3, -0.25) is 4.57 Å². The number of nitrogens with zero attached hydrogens (tertiary/aromatic N) is 4. The zero-order chi connectivity index (χ0) is 16.7. The van der Waals surface area contributed by atoms with Gasteiger partial charge in [-0.15, -0.1) is 0 Å². The molecule has 0 unspecified atom stereocenters. The SMILES string of the molecule is CC1(c2cc3c(cc2F)c(C#N)cn3-c2ncccn2)OC=CO1. The lowest BCUT2D eigenvalue weighted by atomic mass is 10.0. The smallest absolute Gasteiger partial charge is 0.276 e. The van der Waals surface area contributed by atoms with E-state index in [4.69, 9.17) is 9.47 Å². The predicted octanol–water partition coefficient (Wildman–Crippen LogP) is 3.12. The Kier molecular flexibility index (Phi) is 3.00. The summed E-state index contributed by atoms with van der Waals surface area (Å²) >= 11 is 0. The Balaban J connectivity index is 2.00. The lowest BCUT2D eigenvalue weighted by Gasteiger charge is -2.24. The third kappa shape index (κ3) is 2.01. The van der Waals surface area contributed by atoms with Crippen molar-refractivity contribution in [2.24, 2.45) is 0 Å². The van der Waals surface area contributed by atoms with Crippen molar-refractivity contribution >= 4 is 10.9 Å². The fourth-order valence-corrected chi connectivity index (χ4v) is 2.73. The Hall–Kier alpha value is -3.40. The van der Waals surface area contributed by atoms with Crippen LogP contribution in [0.25, 0.3) is 16.9 Å². The van der Waals surface area contributed by atoms with E-state index in [1.165, 1.54) is 18.6 Å². The lowest BCUT2D eigenvalue weighted by molar-refractivity contribution is -0.135. The summed E-state index contributed by atoms with van der Waals surface area (Å²) in [6.45, 7) is 1.62. The molecular formula is C17H11FN4O2. The number of halogens is 1. The van der Waals surface area contributed by atoms with Gasteiger partial charge < -0.3 is 9.47 Å². The molecule has 0 amide bonds. The number of fused-ring (bicyclic) bond motifs is 1. The third-order valence-electron chi connectivity index (χ3n) is 3.91. The number of ether oxygens (including phenoxy) is 2.